The second-order valence-electron chi connectivity index (χ2n) is 6.93. The van der Waals surface area contributed by atoms with Gasteiger partial charge in [0.2, 0.25) is 0 Å². The molecule has 22 heavy (non-hydrogen) atoms. The number of aromatic nitrogens is 4. The van der Waals surface area contributed by atoms with Crippen molar-refractivity contribution < 1.29 is 5.11 Å². The average molecular weight is 301 g/mol. The van der Waals surface area contributed by atoms with E-state index in [9.17, 15) is 5.11 Å². The fourth-order valence-corrected chi connectivity index (χ4v) is 2.93. The van der Waals surface area contributed by atoms with Crippen molar-refractivity contribution in [2.45, 2.75) is 57.6 Å². The van der Waals surface area contributed by atoms with Gasteiger partial charge in [0.25, 0.3) is 0 Å². The molecule has 2 N–H and O–H groups in total. The van der Waals surface area contributed by atoms with Gasteiger partial charge < -0.3 is 10.4 Å². The lowest BCUT2D eigenvalue weighted by atomic mass is 10.0. The smallest absolute Gasteiger partial charge is 0.154 e. The van der Waals surface area contributed by atoms with Crippen LogP contribution in [0.5, 0.6) is 0 Å². The Balaban J connectivity index is 1.92. The van der Waals surface area contributed by atoms with Crippen LogP contribution in [-0.2, 0) is 5.54 Å². The van der Waals surface area contributed by atoms with Crippen LogP contribution in [0.1, 0.15) is 51.6 Å². The first-order valence-corrected chi connectivity index (χ1v) is 7.77. The van der Waals surface area contributed by atoms with Crippen molar-refractivity contribution in [3.63, 3.8) is 0 Å². The van der Waals surface area contributed by atoms with E-state index in [2.05, 4.69) is 42.4 Å². The molecule has 2 unspecified atom stereocenters. The molecule has 3 rings (SSSR count). The summed E-state index contributed by atoms with van der Waals surface area (Å²) in [6, 6.07) is 5.80. The number of nitrogens with one attached hydrogen (secondary N) is 1. The zero-order chi connectivity index (χ0) is 15.7. The van der Waals surface area contributed by atoms with E-state index in [0.29, 0.717) is 11.7 Å². The molecule has 2 atom stereocenters. The maximum atomic E-state index is 9.76. The normalized spacial score (nSPS) is 22.0. The fourth-order valence-electron chi connectivity index (χ4n) is 2.93. The van der Waals surface area contributed by atoms with E-state index in [1.165, 1.54) is 0 Å². The molecule has 6 heteroatoms. The molecule has 2 aromatic rings. The van der Waals surface area contributed by atoms with Gasteiger partial charge >= 0.3 is 0 Å². The Kier molecular flexibility index (Phi) is 3.87. The van der Waals surface area contributed by atoms with Crippen LogP contribution in [0.3, 0.4) is 0 Å². The van der Waals surface area contributed by atoms with Gasteiger partial charge in [-0.15, -0.1) is 5.10 Å². The van der Waals surface area contributed by atoms with E-state index in [0.717, 1.165) is 30.8 Å². The van der Waals surface area contributed by atoms with E-state index < -0.39 is 0 Å². The SMILES string of the molecule is CC(C)(C)n1nc(C2CCC(O)C2)cc1Nc1cccnn1. The van der Waals surface area contributed by atoms with Crippen molar-refractivity contribution in [3.05, 3.63) is 30.1 Å². The molecule has 2 aromatic heterocycles. The number of nitrogens with zero attached hydrogens (tertiary/aromatic N) is 4. The van der Waals surface area contributed by atoms with Crippen molar-refractivity contribution >= 4 is 11.6 Å². The highest BCUT2D eigenvalue weighted by Gasteiger charge is 2.29. The predicted molar refractivity (Wildman–Crippen MR) is 85.1 cm³/mol. The van der Waals surface area contributed by atoms with Crippen LogP contribution in [-0.4, -0.2) is 31.2 Å². The third-order valence-corrected chi connectivity index (χ3v) is 4.02. The maximum Gasteiger partial charge on any atom is 0.154 e. The summed E-state index contributed by atoms with van der Waals surface area (Å²) in [5, 5.41) is 25.8. The van der Waals surface area contributed by atoms with Crippen molar-refractivity contribution in [3.8, 4) is 0 Å². The molecule has 118 valence electrons. The molecule has 1 aliphatic carbocycles. The van der Waals surface area contributed by atoms with Crippen LogP contribution in [0, 0.1) is 0 Å². The third kappa shape index (κ3) is 3.11. The highest BCUT2D eigenvalue weighted by molar-refractivity contribution is 5.52. The fraction of sp³-hybridized carbons (Fsp3) is 0.562. The molecule has 1 fully saturated rings. The topological polar surface area (TPSA) is 75.9 Å². The molecule has 2 heterocycles. The van der Waals surface area contributed by atoms with Gasteiger partial charge in [0, 0.05) is 18.2 Å². The van der Waals surface area contributed by atoms with E-state index in [-0.39, 0.29) is 11.6 Å². The molecule has 0 amide bonds. The zero-order valence-electron chi connectivity index (χ0n) is 13.3. The lowest BCUT2D eigenvalue weighted by Crippen LogP contribution is -2.25. The minimum Gasteiger partial charge on any atom is -0.393 e. The number of rotatable bonds is 3. The molecular formula is C16H23N5O. The Hall–Kier alpha value is -1.95. The highest BCUT2D eigenvalue weighted by Crippen LogP contribution is 2.36. The van der Waals surface area contributed by atoms with Crippen molar-refractivity contribution in [1.29, 1.82) is 0 Å². The van der Waals surface area contributed by atoms with Crippen molar-refractivity contribution in [1.82, 2.24) is 20.0 Å². The Labute approximate surface area is 130 Å². The Morgan fingerprint density at radius 1 is 1.32 bits per heavy atom. The molecule has 0 aromatic carbocycles. The van der Waals surface area contributed by atoms with E-state index in [4.69, 9.17) is 5.10 Å². The Morgan fingerprint density at radius 2 is 2.14 bits per heavy atom. The number of aliphatic hydroxyl groups is 1. The van der Waals surface area contributed by atoms with E-state index >= 15 is 0 Å². The van der Waals surface area contributed by atoms with Crippen molar-refractivity contribution in [2.75, 3.05) is 5.32 Å². The zero-order valence-corrected chi connectivity index (χ0v) is 13.3. The maximum absolute atomic E-state index is 9.76. The predicted octanol–water partition coefficient (Wildman–Crippen LogP) is 2.80. The third-order valence-electron chi connectivity index (χ3n) is 4.02. The molecule has 0 aliphatic heterocycles. The van der Waals surface area contributed by atoms with Gasteiger partial charge in [0.1, 0.15) is 5.82 Å². The van der Waals surface area contributed by atoms with E-state index in [1.54, 1.807) is 6.20 Å². The minimum absolute atomic E-state index is 0.139. The van der Waals surface area contributed by atoms with Crippen LogP contribution < -0.4 is 5.32 Å². The summed E-state index contributed by atoms with van der Waals surface area (Å²) in [5.41, 5.74) is 0.901. The van der Waals surface area contributed by atoms with Gasteiger partial charge in [-0.3, -0.25) is 0 Å². The number of hydrogen-bond acceptors (Lipinski definition) is 5. The second kappa shape index (κ2) is 5.68. The van der Waals surface area contributed by atoms with E-state index in [1.807, 2.05) is 16.8 Å². The van der Waals surface area contributed by atoms with Crippen LogP contribution in [0.4, 0.5) is 11.6 Å². The molecule has 0 bridgehead atoms. The first-order chi connectivity index (χ1) is 10.4. The van der Waals surface area contributed by atoms with Gasteiger partial charge in [-0.05, 0) is 52.2 Å². The summed E-state index contributed by atoms with van der Waals surface area (Å²) >= 11 is 0. The standard InChI is InChI=1S/C16H23N5O/c1-16(2,3)21-15(18-14-5-4-8-17-19-14)10-13(20-21)11-6-7-12(22)9-11/h4-5,8,10-12,22H,6-7,9H2,1-3H3,(H,18,19). The molecule has 0 saturated heterocycles. The van der Waals surface area contributed by atoms with Gasteiger partial charge in [0.05, 0.1) is 17.3 Å². The molecule has 1 aliphatic rings. The first-order valence-electron chi connectivity index (χ1n) is 7.77. The highest BCUT2D eigenvalue weighted by atomic mass is 16.3. The lowest BCUT2D eigenvalue weighted by Gasteiger charge is -2.22. The summed E-state index contributed by atoms with van der Waals surface area (Å²) in [6.45, 7) is 6.36. The van der Waals surface area contributed by atoms with Crippen LogP contribution >= 0.6 is 0 Å². The van der Waals surface area contributed by atoms with Crippen LogP contribution in [0.25, 0.3) is 0 Å². The lowest BCUT2D eigenvalue weighted by molar-refractivity contribution is 0.181. The summed E-state index contributed by atoms with van der Waals surface area (Å²) < 4.78 is 1.99. The Morgan fingerprint density at radius 3 is 2.73 bits per heavy atom. The second-order valence-corrected chi connectivity index (χ2v) is 6.93. The summed E-state index contributed by atoms with van der Waals surface area (Å²) in [5.74, 6) is 1.94. The largest absolute Gasteiger partial charge is 0.393 e. The van der Waals surface area contributed by atoms with Crippen LogP contribution in [0.15, 0.2) is 24.4 Å². The number of aliphatic hydroxyl groups excluding tert-OH is 1. The summed E-state index contributed by atoms with van der Waals surface area (Å²) in [4.78, 5) is 0. The van der Waals surface area contributed by atoms with Crippen LogP contribution in [0.2, 0.25) is 0 Å². The summed E-state index contributed by atoms with van der Waals surface area (Å²) in [7, 11) is 0. The quantitative estimate of drug-likeness (QED) is 0.911. The molecule has 0 spiro atoms. The van der Waals surface area contributed by atoms with Crippen molar-refractivity contribution in [2.24, 2.45) is 0 Å². The number of hydrogen-bond donors (Lipinski definition) is 2. The molecule has 1 saturated carbocycles. The summed E-state index contributed by atoms with van der Waals surface area (Å²) in [6.07, 6.45) is 4.11. The molecule has 6 nitrogen and oxygen atoms in total. The first kappa shape index (κ1) is 15.0. The van der Waals surface area contributed by atoms with Gasteiger partial charge in [-0.25, -0.2) is 4.68 Å². The van der Waals surface area contributed by atoms with Gasteiger partial charge in [-0.1, -0.05) is 0 Å². The number of anilines is 2. The molecule has 0 radical (unpaired) electrons. The Bertz CT molecular complexity index is 632. The average Bonchev–Trinajstić information content (AvgIpc) is 3.06. The van der Waals surface area contributed by atoms with Gasteiger partial charge in [-0.2, -0.15) is 10.2 Å². The monoisotopic (exact) mass is 301 g/mol. The molecular weight excluding hydrogens is 278 g/mol. The minimum atomic E-state index is -0.193. The van der Waals surface area contributed by atoms with Gasteiger partial charge in [0.15, 0.2) is 5.82 Å².